The van der Waals surface area contributed by atoms with E-state index in [1.165, 1.54) is 19.2 Å². The Morgan fingerprint density at radius 1 is 1.20 bits per heavy atom. The van der Waals surface area contributed by atoms with Crippen molar-refractivity contribution < 1.29 is 22.7 Å². The first-order valence-corrected chi connectivity index (χ1v) is 5.48. The number of ether oxygens (including phenoxy) is 1. The van der Waals surface area contributed by atoms with Crippen molar-refractivity contribution in [3.8, 4) is 5.75 Å². The Hall–Kier alpha value is -2.57. The molecule has 20 heavy (non-hydrogen) atoms. The molecule has 1 heterocycles. The largest absolute Gasteiger partial charge is 0.497 e. The van der Waals surface area contributed by atoms with Crippen LogP contribution in [-0.4, -0.2) is 18.0 Å². The molecule has 1 aromatic carbocycles. The number of nitrogens with zero attached hydrogens (tertiary/aromatic N) is 1. The number of rotatable bonds is 3. The number of carbonyl (C=O) groups is 1. The molecule has 1 amide bonds. The molecule has 1 aromatic heterocycles. The zero-order valence-electron chi connectivity index (χ0n) is 10.3. The number of amides is 1. The van der Waals surface area contributed by atoms with Crippen LogP contribution < -0.4 is 10.1 Å². The van der Waals surface area contributed by atoms with Crippen molar-refractivity contribution in [3.05, 3.63) is 53.6 Å². The van der Waals surface area contributed by atoms with E-state index >= 15 is 0 Å². The second-order valence-corrected chi connectivity index (χ2v) is 3.78. The van der Waals surface area contributed by atoms with Crippen LogP contribution in [0.15, 0.2) is 30.3 Å². The summed E-state index contributed by atoms with van der Waals surface area (Å²) in [4.78, 5) is 14.4. The highest BCUT2D eigenvalue weighted by molar-refractivity contribution is 6.04. The molecule has 0 spiro atoms. The van der Waals surface area contributed by atoms with Crippen molar-refractivity contribution in [2.45, 2.75) is 0 Å². The van der Waals surface area contributed by atoms with Crippen molar-refractivity contribution >= 4 is 11.6 Å². The third-order valence-corrected chi connectivity index (χ3v) is 2.48. The van der Waals surface area contributed by atoms with Crippen LogP contribution in [0.2, 0.25) is 0 Å². The number of hydrogen-bond acceptors (Lipinski definition) is 3. The van der Waals surface area contributed by atoms with Gasteiger partial charge in [-0.1, -0.05) is 0 Å². The Kier molecular flexibility index (Phi) is 3.88. The summed E-state index contributed by atoms with van der Waals surface area (Å²) in [6, 6.07) is 6.67. The van der Waals surface area contributed by atoms with Gasteiger partial charge >= 0.3 is 0 Å². The quantitative estimate of drug-likeness (QED) is 0.881. The third kappa shape index (κ3) is 2.87. The highest BCUT2D eigenvalue weighted by atomic mass is 19.2. The second kappa shape index (κ2) is 5.60. The fraction of sp³-hybridized carbons (Fsp3) is 0.0769. The maximum Gasteiger partial charge on any atom is 0.258 e. The highest BCUT2D eigenvalue weighted by Gasteiger charge is 2.18. The molecule has 0 radical (unpaired) electrons. The molecule has 0 unspecified atom stereocenters. The van der Waals surface area contributed by atoms with E-state index in [0.717, 1.165) is 0 Å². The Morgan fingerprint density at radius 3 is 2.45 bits per heavy atom. The van der Waals surface area contributed by atoms with Gasteiger partial charge in [-0.3, -0.25) is 4.79 Å². The van der Waals surface area contributed by atoms with Crippen LogP contribution in [0, 0.1) is 17.7 Å². The van der Waals surface area contributed by atoms with Gasteiger partial charge in [-0.2, -0.15) is 13.8 Å². The van der Waals surface area contributed by atoms with Crippen molar-refractivity contribution in [2.24, 2.45) is 0 Å². The molecule has 4 nitrogen and oxygen atoms in total. The Balaban J connectivity index is 2.23. The van der Waals surface area contributed by atoms with E-state index in [9.17, 15) is 18.0 Å². The minimum absolute atomic E-state index is 0.327. The Labute approximate surface area is 112 Å². The van der Waals surface area contributed by atoms with Crippen LogP contribution in [0.1, 0.15) is 10.4 Å². The smallest absolute Gasteiger partial charge is 0.258 e. The molecule has 0 saturated heterocycles. The first-order chi connectivity index (χ1) is 9.51. The minimum atomic E-state index is -1.66. The summed E-state index contributed by atoms with van der Waals surface area (Å²) in [7, 11) is 1.48. The Bertz CT molecular complexity index is 645. The summed E-state index contributed by atoms with van der Waals surface area (Å²) in [5.74, 6) is -4.85. The van der Waals surface area contributed by atoms with E-state index in [1.807, 2.05) is 0 Å². The molecular formula is C13H9F3N2O2. The average Bonchev–Trinajstić information content (AvgIpc) is 2.43. The third-order valence-electron chi connectivity index (χ3n) is 2.48. The molecule has 2 aromatic rings. The lowest BCUT2D eigenvalue weighted by atomic mass is 10.2. The average molecular weight is 282 g/mol. The lowest BCUT2D eigenvalue weighted by molar-refractivity contribution is 0.102. The lowest BCUT2D eigenvalue weighted by Crippen LogP contribution is -2.16. The van der Waals surface area contributed by atoms with Crippen LogP contribution in [0.25, 0.3) is 0 Å². The van der Waals surface area contributed by atoms with Crippen molar-refractivity contribution in [2.75, 3.05) is 12.4 Å². The minimum Gasteiger partial charge on any atom is -0.497 e. The predicted molar refractivity (Wildman–Crippen MR) is 65.1 cm³/mol. The van der Waals surface area contributed by atoms with E-state index in [-0.39, 0.29) is 0 Å². The standard InChI is InChI=1S/C13H9F3N2O2/c1-20-8-4-2-7(3-5-8)17-13(19)9-6-10(14)18-12(16)11(9)15/h2-6H,1H3,(H,17,19). The van der Waals surface area contributed by atoms with E-state index in [0.29, 0.717) is 17.5 Å². The first kappa shape index (κ1) is 13.9. The summed E-state index contributed by atoms with van der Waals surface area (Å²) >= 11 is 0. The van der Waals surface area contributed by atoms with Gasteiger partial charge in [0.15, 0.2) is 5.82 Å². The van der Waals surface area contributed by atoms with Gasteiger partial charge in [0.2, 0.25) is 5.95 Å². The van der Waals surface area contributed by atoms with E-state index in [1.54, 1.807) is 12.1 Å². The van der Waals surface area contributed by atoms with Gasteiger partial charge in [-0.15, -0.1) is 0 Å². The second-order valence-electron chi connectivity index (χ2n) is 3.78. The summed E-state index contributed by atoms with van der Waals surface area (Å²) in [5, 5.41) is 2.31. The number of anilines is 1. The van der Waals surface area contributed by atoms with Gasteiger partial charge in [-0.25, -0.2) is 4.39 Å². The number of benzene rings is 1. The molecule has 0 bridgehead atoms. The summed E-state index contributed by atoms with van der Waals surface area (Å²) in [6.45, 7) is 0. The Morgan fingerprint density at radius 2 is 1.85 bits per heavy atom. The fourth-order valence-electron chi connectivity index (χ4n) is 1.51. The molecule has 104 valence electrons. The topological polar surface area (TPSA) is 51.2 Å². The van der Waals surface area contributed by atoms with Crippen molar-refractivity contribution in [1.82, 2.24) is 4.98 Å². The lowest BCUT2D eigenvalue weighted by Gasteiger charge is -2.07. The number of halogens is 3. The van der Waals surface area contributed by atoms with Crippen LogP contribution in [0.3, 0.4) is 0 Å². The SMILES string of the molecule is COc1ccc(NC(=O)c2cc(F)nc(F)c2F)cc1. The number of pyridine rings is 1. The summed E-state index contributed by atoms with van der Waals surface area (Å²) < 4.78 is 44.1. The molecule has 0 aliphatic rings. The summed E-state index contributed by atoms with van der Waals surface area (Å²) in [5.41, 5.74) is -0.432. The molecular weight excluding hydrogens is 273 g/mol. The van der Waals surface area contributed by atoms with Crippen LogP contribution in [-0.2, 0) is 0 Å². The van der Waals surface area contributed by atoms with Crippen LogP contribution in [0.4, 0.5) is 18.9 Å². The van der Waals surface area contributed by atoms with Gasteiger partial charge < -0.3 is 10.1 Å². The van der Waals surface area contributed by atoms with Gasteiger partial charge in [0.1, 0.15) is 5.75 Å². The first-order valence-electron chi connectivity index (χ1n) is 5.48. The van der Waals surface area contributed by atoms with Crippen molar-refractivity contribution in [3.63, 3.8) is 0 Å². The van der Waals surface area contributed by atoms with Crippen LogP contribution in [0.5, 0.6) is 5.75 Å². The molecule has 0 fully saturated rings. The van der Waals surface area contributed by atoms with Crippen LogP contribution >= 0.6 is 0 Å². The zero-order chi connectivity index (χ0) is 14.7. The van der Waals surface area contributed by atoms with Gasteiger partial charge in [-0.05, 0) is 24.3 Å². The van der Waals surface area contributed by atoms with Gasteiger partial charge in [0, 0.05) is 11.8 Å². The molecule has 1 N–H and O–H groups in total. The molecule has 2 rings (SSSR count). The maximum atomic E-state index is 13.4. The van der Waals surface area contributed by atoms with Gasteiger partial charge in [0.05, 0.1) is 12.7 Å². The monoisotopic (exact) mass is 282 g/mol. The predicted octanol–water partition coefficient (Wildman–Crippen LogP) is 2.76. The summed E-state index contributed by atoms with van der Waals surface area (Å²) in [6.07, 6.45) is 0. The number of methoxy groups -OCH3 is 1. The zero-order valence-corrected chi connectivity index (χ0v) is 10.3. The van der Waals surface area contributed by atoms with E-state index < -0.39 is 29.2 Å². The fourth-order valence-corrected chi connectivity index (χ4v) is 1.51. The van der Waals surface area contributed by atoms with Crippen molar-refractivity contribution in [1.29, 1.82) is 0 Å². The number of hydrogen-bond donors (Lipinski definition) is 1. The molecule has 0 saturated carbocycles. The molecule has 7 heteroatoms. The van der Waals surface area contributed by atoms with Gasteiger partial charge in [0.25, 0.3) is 11.9 Å². The highest BCUT2D eigenvalue weighted by Crippen LogP contribution is 2.17. The number of aromatic nitrogens is 1. The normalized spacial score (nSPS) is 10.2. The number of carbonyl (C=O) groups excluding carboxylic acids is 1. The number of nitrogens with one attached hydrogen (secondary N) is 1. The van der Waals surface area contributed by atoms with E-state index in [4.69, 9.17) is 4.74 Å². The molecule has 0 aliphatic heterocycles. The van der Waals surface area contributed by atoms with E-state index in [2.05, 4.69) is 10.3 Å². The molecule has 0 aliphatic carbocycles. The molecule has 0 atom stereocenters. The maximum absolute atomic E-state index is 13.4.